The maximum absolute atomic E-state index is 15.0. The number of hydrogen-bond acceptors (Lipinski definition) is 6. The third-order valence-electron chi connectivity index (χ3n) is 8.71. The molecule has 6 rings (SSSR count). The maximum Gasteiger partial charge on any atom is 0.266 e. The lowest BCUT2D eigenvalue weighted by molar-refractivity contribution is -0.146. The molecule has 2 N–H and O–H groups in total. The SMILES string of the molecule is CC(C)(Oc1cccc(N2CCC[C@@H](C(=O)N(Cc3ccc(-c4cn[nH]c4)c(F)c3)C3CC3)C2)c1)C(=O)N1CCNCC1. The Labute approximate surface area is 252 Å². The molecule has 2 aromatic carbocycles. The van der Waals surface area contributed by atoms with E-state index in [4.69, 9.17) is 4.74 Å². The van der Waals surface area contributed by atoms with Crippen molar-refractivity contribution in [3.63, 3.8) is 0 Å². The fourth-order valence-corrected chi connectivity index (χ4v) is 6.24. The first-order valence-electron chi connectivity index (χ1n) is 15.4. The highest BCUT2D eigenvalue weighted by molar-refractivity contribution is 5.85. The van der Waals surface area contributed by atoms with Crippen molar-refractivity contribution in [2.45, 2.75) is 57.7 Å². The van der Waals surface area contributed by atoms with Crippen LogP contribution in [0.3, 0.4) is 0 Å². The summed E-state index contributed by atoms with van der Waals surface area (Å²) in [4.78, 5) is 33.1. The number of carbonyl (C=O) groups is 2. The molecule has 228 valence electrons. The summed E-state index contributed by atoms with van der Waals surface area (Å²) in [6, 6.07) is 13.3. The number of carbonyl (C=O) groups excluding carboxylic acids is 2. The second-order valence-electron chi connectivity index (χ2n) is 12.4. The molecule has 9 nitrogen and oxygen atoms in total. The monoisotopic (exact) mass is 588 g/mol. The molecule has 1 aliphatic carbocycles. The Morgan fingerprint density at radius 2 is 1.91 bits per heavy atom. The summed E-state index contributed by atoms with van der Waals surface area (Å²) < 4.78 is 21.2. The molecular weight excluding hydrogens is 547 g/mol. The normalized spacial score (nSPS) is 19.3. The Bertz CT molecular complexity index is 1430. The van der Waals surface area contributed by atoms with Gasteiger partial charge in [0.15, 0.2) is 5.60 Å². The summed E-state index contributed by atoms with van der Waals surface area (Å²) in [5, 5.41) is 9.92. The Morgan fingerprint density at radius 3 is 2.63 bits per heavy atom. The predicted molar refractivity (Wildman–Crippen MR) is 163 cm³/mol. The van der Waals surface area contributed by atoms with E-state index in [-0.39, 0.29) is 29.6 Å². The zero-order valence-corrected chi connectivity index (χ0v) is 25.0. The standard InChI is InChI=1S/C33H41FN6O3/c1-33(2,32(42)38-15-12-35-13-16-38)43-28-7-3-6-27(18-28)39-14-4-5-24(22-39)31(41)40(26-9-10-26)21-23-8-11-29(30(34)17-23)25-19-36-37-20-25/h3,6-8,11,17-20,24,26,35H,4-5,9-10,12-16,21-22H2,1-2H3,(H,36,37)/t24-/m1/s1. The average molecular weight is 589 g/mol. The van der Waals surface area contributed by atoms with Gasteiger partial charge in [0.1, 0.15) is 11.6 Å². The van der Waals surface area contributed by atoms with E-state index in [2.05, 4.69) is 20.4 Å². The van der Waals surface area contributed by atoms with Gasteiger partial charge in [-0.25, -0.2) is 4.39 Å². The second kappa shape index (κ2) is 12.4. The highest BCUT2D eigenvalue weighted by Crippen LogP contribution is 2.34. The third-order valence-corrected chi connectivity index (χ3v) is 8.71. The molecule has 3 aromatic rings. The fraction of sp³-hybridized carbons (Fsp3) is 0.485. The van der Waals surface area contributed by atoms with Crippen molar-refractivity contribution in [2.24, 2.45) is 5.92 Å². The number of aromatic amines is 1. The Hall–Kier alpha value is -3.92. The highest BCUT2D eigenvalue weighted by atomic mass is 19.1. The lowest BCUT2D eigenvalue weighted by Gasteiger charge is -2.37. The van der Waals surface area contributed by atoms with Crippen molar-refractivity contribution in [1.29, 1.82) is 0 Å². The summed E-state index contributed by atoms with van der Waals surface area (Å²) in [6.07, 6.45) is 6.97. The van der Waals surface area contributed by atoms with Gasteiger partial charge < -0.3 is 24.8 Å². The number of halogens is 1. The van der Waals surface area contributed by atoms with Crippen LogP contribution in [0.15, 0.2) is 54.9 Å². The van der Waals surface area contributed by atoms with E-state index >= 15 is 0 Å². The number of ether oxygens (including phenoxy) is 1. The molecule has 0 unspecified atom stereocenters. The molecule has 0 bridgehead atoms. The molecule has 3 heterocycles. The van der Waals surface area contributed by atoms with E-state index in [0.29, 0.717) is 43.1 Å². The Morgan fingerprint density at radius 1 is 1.09 bits per heavy atom. The molecule has 1 saturated carbocycles. The zero-order chi connectivity index (χ0) is 30.0. The van der Waals surface area contributed by atoms with Gasteiger partial charge in [-0.15, -0.1) is 0 Å². The minimum absolute atomic E-state index is 0.0146. The van der Waals surface area contributed by atoms with Gasteiger partial charge in [-0.1, -0.05) is 18.2 Å². The smallest absolute Gasteiger partial charge is 0.266 e. The van der Waals surface area contributed by atoms with Crippen LogP contribution in [0, 0.1) is 11.7 Å². The minimum atomic E-state index is -0.989. The summed E-state index contributed by atoms with van der Waals surface area (Å²) in [7, 11) is 0. The molecule has 0 radical (unpaired) electrons. The van der Waals surface area contributed by atoms with Crippen LogP contribution in [0.25, 0.3) is 11.1 Å². The van der Waals surface area contributed by atoms with Gasteiger partial charge in [-0.2, -0.15) is 5.10 Å². The van der Waals surface area contributed by atoms with Crippen LogP contribution >= 0.6 is 0 Å². The fourth-order valence-electron chi connectivity index (χ4n) is 6.24. The van der Waals surface area contributed by atoms with E-state index in [9.17, 15) is 14.0 Å². The van der Waals surface area contributed by atoms with Gasteiger partial charge in [-0.05, 0) is 63.3 Å². The van der Waals surface area contributed by atoms with E-state index in [1.165, 1.54) is 6.07 Å². The molecule has 10 heteroatoms. The van der Waals surface area contributed by atoms with Crippen LogP contribution in [0.1, 0.15) is 45.1 Å². The van der Waals surface area contributed by atoms with Crippen molar-refractivity contribution in [2.75, 3.05) is 44.2 Å². The molecule has 43 heavy (non-hydrogen) atoms. The number of H-pyrrole nitrogens is 1. The van der Waals surface area contributed by atoms with E-state index in [0.717, 1.165) is 56.6 Å². The third kappa shape index (κ3) is 6.69. The van der Waals surface area contributed by atoms with Crippen molar-refractivity contribution in [3.05, 3.63) is 66.2 Å². The number of piperazine rings is 1. The predicted octanol–water partition coefficient (Wildman–Crippen LogP) is 4.21. The van der Waals surface area contributed by atoms with E-state index < -0.39 is 5.60 Å². The molecule has 1 atom stereocenters. The molecular formula is C33H41FN6O3. The zero-order valence-electron chi connectivity index (χ0n) is 25.0. The van der Waals surface area contributed by atoms with Gasteiger partial charge in [0.25, 0.3) is 5.91 Å². The summed E-state index contributed by atoms with van der Waals surface area (Å²) >= 11 is 0. The van der Waals surface area contributed by atoms with Crippen LogP contribution in [0.5, 0.6) is 5.75 Å². The van der Waals surface area contributed by atoms with Crippen LogP contribution in [-0.2, 0) is 16.1 Å². The van der Waals surface area contributed by atoms with Crippen LogP contribution in [0.2, 0.25) is 0 Å². The van der Waals surface area contributed by atoms with E-state index in [1.54, 1.807) is 18.5 Å². The number of anilines is 1. The lowest BCUT2D eigenvalue weighted by Crippen LogP contribution is -2.54. The topological polar surface area (TPSA) is 93.8 Å². The number of nitrogens with zero attached hydrogens (tertiary/aromatic N) is 4. The highest BCUT2D eigenvalue weighted by Gasteiger charge is 2.38. The number of piperidine rings is 1. The maximum atomic E-state index is 15.0. The number of nitrogens with one attached hydrogen (secondary N) is 2. The van der Waals surface area contributed by atoms with Crippen LogP contribution in [-0.4, -0.2) is 82.7 Å². The number of hydrogen-bond donors (Lipinski definition) is 2. The van der Waals surface area contributed by atoms with E-state index in [1.807, 2.05) is 54.0 Å². The molecule has 3 aliphatic rings. The molecule has 0 spiro atoms. The first kappa shape index (κ1) is 29.2. The van der Waals surface area contributed by atoms with Gasteiger partial charge >= 0.3 is 0 Å². The first-order valence-corrected chi connectivity index (χ1v) is 15.4. The van der Waals surface area contributed by atoms with Gasteiger partial charge in [0.05, 0.1) is 12.1 Å². The van der Waals surface area contributed by atoms with Gasteiger partial charge in [0, 0.05) is 80.9 Å². The summed E-state index contributed by atoms with van der Waals surface area (Å²) in [5.74, 6) is 0.311. The minimum Gasteiger partial charge on any atom is -0.478 e. The number of amides is 2. The molecule has 3 fully saturated rings. The second-order valence-corrected chi connectivity index (χ2v) is 12.4. The average Bonchev–Trinajstić information content (AvgIpc) is 3.72. The van der Waals surface area contributed by atoms with Crippen LogP contribution in [0.4, 0.5) is 10.1 Å². The van der Waals surface area contributed by atoms with Crippen molar-refractivity contribution < 1.29 is 18.7 Å². The van der Waals surface area contributed by atoms with Crippen molar-refractivity contribution in [1.82, 2.24) is 25.3 Å². The van der Waals surface area contributed by atoms with Crippen molar-refractivity contribution in [3.8, 4) is 16.9 Å². The first-order chi connectivity index (χ1) is 20.8. The van der Waals surface area contributed by atoms with Gasteiger partial charge in [0.2, 0.25) is 5.91 Å². The molecule has 2 amide bonds. The number of aromatic nitrogens is 2. The molecule has 2 aliphatic heterocycles. The number of rotatable bonds is 9. The lowest BCUT2D eigenvalue weighted by atomic mass is 9.95. The summed E-state index contributed by atoms with van der Waals surface area (Å²) in [6.45, 7) is 8.45. The Balaban J connectivity index is 1.12. The summed E-state index contributed by atoms with van der Waals surface area (Å²) in [5.41, 5.74) is 1.98. The van der Waals surface area contributed by atoms with Gasteiger partial charge in [-0.3, -0.25) is 14.7 Å². The quantitative estimate of drug-likeness (QED) is 0.389. The molecule has 2 saturated heterocycles. The Kier molecular flexibility index (Phi) is 8.38. The number of benzene rings is 2. The van der Waals surface area contributed by atoms with Crippen LogP contribution < -0.4 is 15.0 Å². The molecule has 1 aromatic heterocycles. The van der Waals surface area contributed by atoms with Crippen molar-refractivity contribution >= 4 is 17.5 Å². The largest absolute Gasteiger partial charge is 0.478 e.